The van der Waals surface area contributed by atoms with Crippen LogP contribution in [-0.4, -0.2) is 9.97 Å². The summed E-state index contributed by atoms with van der Waals surface area (Å²) in [5.74, 6) is 0.455. The van der Waals surface area contributed by atoms with Crippen LogP contribution in [0.4, 0.5) is 5.82 Å². The van der Waals surface area contributed by atoms with Gasteiger partial charge >= 0.3 is 0 Å². The lowest BCUT2D eigenvalue weighted by Crippen LogP contribution is -1.95. The summed E-state index contributed by atoms with van der Waals surface area (Å²) in [5, 5.41) is 0. The second-order valence-electron chi connectivity index (χ2n) is 5.24. The minimum Gasteiger partial charge on any atom is -0.382 e. The molecule has 0 radical (unpaired) electrons. The number of hydrogen-bond acceptors (Lipinski definition) is 3. The van der Waals surface area contributed by atoms with Crippen LogP contribution in [0.5, 0.6) is 0 Å². The molecule has 0 spiro atoms. The van der Waals surface area contributed by atoms with E-state index in [0.29, 0.717) is 5.82 Å². The molecule has 3 nitrogen and oxygen atoms in total. The first-order valence-corrected chi connectivity index (χ1v) is 6.89. The molecule has 21 heavy (non-hydrogen) atoms. The third-order valence-corrected chi connectivity index (χ3v) is 3.44. The number of nitrogen functional groups attached to an aromatic ring is 1. The molecule has 2 aromatic carbocycles. The first-order chi connectivity index (χ1) is 10.1. The molecule has 0 atom stereocenters. The highest BCUT2D eigenvalue weighted by Crippen LogP contribution is 2.27. The van der Waals surface area contributed by atoms with Crippen molar-refractivity contribution in [3.8, 4) is 22.4 Å². The van der Waals surface area contributed by atoms with Gasteiger partial charge < -0.3 is 5.73 Å². The van der Waals surface area contributed by atoms with Gasteiger partial charge in [-0.05, 0) is 25.0 Å². The van der Waals surface area contributed by atoms with Crippen molar-refractivity contribution in [2.75, 3.05) is 5.73 Å². The fraction of sp³-hybridized carbons (Fsp3) is 0.111. The van der Waals surface area contributed by atoms with Crippen molar-refractivity contribution in [3.05, 3.63) is 66.0 Å². The molecule has 0 amide bonds. The highest BCUT2D eigenvalue weighted by molar-refractivity contribution is 5.73. The Hall–Kier alpha value is -2.68. The largest absolute Gasteiger partial charge is 0.382 e. The molecule has 0 fully saturated rings. The smallest absolute Gasteiger partial charge is 0.149 e. The number of nitrogens with zero attached hydrogens (tertiary/aromatic N) is 2. The van der Waals surface area contributed by atoms with E-state index in [1.54, 1.807) is 12.4 Å². The maximum absolute atomic E-state index is 5.87. The predicted molar refractivity (Wildman–Crippen MR) is 86.8 cm³/mol. The summed E-state index contributed by atoms with van der Waals surface area (Å²) in [7, 11) is 0. The topological polar surface area (TPSA) is 51.8 Å². The van der Waals surface area contributed by atoms with E-state index in [9.17, 15) is 0 Å². The van der Waals surface area contributed by atoms with Gasteiger partial charge in [-0.2, -0.15) is 0 Å². The zero-order valence-electron chi connectivity index (χ0n) is 12.2. The van der Waals surface area contributed by atoms with Gasteiger partial charge in [0.1, 0.15) is 11.5 Å². The molecule has 3 aromatic rings. The third kappa shape index (κ3) is 2.77. The first kappa shape index (κ1) is 13.3. The first-order valence-electron chi connectivity index (χ1n) is 6.89. The summed E-state index contributed by atoms with van der Waals surface area (Å²) in [6, 6.07) is 14.8. The Morgan fingerprint density at radius 1 is 0.714 bits per heavy atom. The van der Waals surface area contributed by atoms with Crippen LogP contribution in [-0.2, 0) is 0 Å². The number of anilines is 1. The average Bonchev–Trinajstić information content (AvgIpc) is 2.47. The summed E-state index contributed by atoms with van der Waals surface area (Å²) in [5.41, 5.74) is 12.5. The summed E-state index contributed by atoms with van der Waals surface area (Å²) >= 11 is 0. The maximum Gasteiger partial charge on any atom is 0.149 e. The summed E-state index contributed by atoms with van der Waals surface area (Å²) < 4.78 is 0. The van der Waals surface area contributed by atoms with E-state index in [2.05, 4.69) is 54.1 Å². The van der Waals surface area contributed by atoms with Crippen molar-refractivity contribution < 1.29 is 0 Å². The van der Waals surface area contributed by atoms with Crippen LogP contribution in [0.3, 0.4) is 0 Å². The van der Waals surface area contributed by atoms with Crippen LogP contribution in [0.2, 0.25) is 0 Å². The number of rotatable bonds is 2. The Kier molecular flexibility index (Phi) is 3.40. The summed E-state index contributed by atoms with van der Waals surface area (Å²) in [4.78, 5) is 8.37. The highest BCUT2D eigenvalue weighted by atomic mass is 14.9. The Bertz CT molecular complexity index is 756. The van der Waals surface area contributed by atoms with Gasteiger partial charge in [-0.3, -0.25) is 4.98 Å². The van der Waals surface area contributed by atoms with Crippen LogP contribution in [0.15, 0.2) is 54.9 Å². The molecule has 0 saturated heterocycles. The maximum atomic E-state index is 5.87. The van der Waals surface area contributed by atoms with Crippen LogP contribution in [0, 0.1) is 13.8 Å². The van der Waals surface area contributed by atoms with Crippen LogP contribution in [0.25, 0.3) is 22.4 Å². The van der Waals surface area contributed by atoms with Gasteiger partial charge in [-0.1, -0.05) is 53.6 Å². The SMILES string of the molecule is Cc1cc(C)cc(-c2ccc(-c3nccnc3N)cc2)c1. The quantitative estimate of drug-likeness (QED) is 0.768. The second-order valence-corrected chi connectivity index (χ2v) is 5.24. The van der Waals surface area contributed by atoms with E-state index >= 15 is 0 Å². The molecule has 0 aliphatic carbocycles. The summed E-state index contributed by atoms with van der Waals surface area (Å²) in [6.45, 7) is 4.23. The zero-order valence-corrected chi connectivity index (χ0v) is 12.2. The number of hydrogen-bond donors (Lipinski definition) is 1. The van der Waals surface area contributed by atoms with Gasteiger partial charge in [0.2, 0.25) is 0 Å². The van der Waals surface area contributed by atoms with Crippen molar-refractivity contribution in [3.63, 3.8) is 0 Å². The van der Waals surface area contributed by atoms with Crippen LogP contribution in [0.1, 0.15) is 11.1 Å². The molecule has 2 N–H and O–H groups in total. The van der Waals surface area contributed by atoms with Gasteiger partial charge in [0.15, 0.2) is 0 Å². The Morgan fingerprint density at radius 3 is 1.90 bits per heavy atom. The van der Waals surface area contributed by atoms with Gasteiger partial charge in [-0.25, -0.2) is 4.98 Å². The summed E-state index contributed by atoms with van der Waals surface area (Å²) in [6.07, 6.45) is 3.26. The zero-order chi connectivity index (χ0) is 14.8. The monoisotopic (exact) mass is 275 g/mol. The normalized spacial score (nSPS) is 10.6. The fourth-order valence-corrected chi connectivity index (χ4v) is 2.53. The number of nitrogens with two attached hydrogens (primary N) is 1. The molecule has 3 heteroatoms. The van der Waals surface area contributed by atoms with E-state index in [-0.39, 0.29) is 0 Å². The lowest BCUT2D eigenvalue weighted by Gasteiger charge is -2.07. The van der Waals surface area contributed by atoms with Crippen molar-refractivity contribution in [1.29, 1.82) is 0 Å². The molecule has 0 aliphatic rings. The molecule has 0 unspecified atom stereocenters. The van der Waals surface area contributed by atoms with Gasteiger partial charge in [-0.15, -0.1) is 0 Å². The van der Waals surface area contributed by atoms with E-state index < -0.39 is 0 Å². The van der Waals surface area contributed by atoms with Crippen molar-refractivity contribution >= 4 is 5.82 Å². The molecule has 0 saturated carbocycles. The molecule has 1 aromatic heterocycles. The Labute approximate surface area is 124 Å². The van der Waals surface area contributed by atoms with Gasteiger partial charge in [0.25, 0.3) is 0 Å². The van der Waals surface area contributed by atoms with E-state index in [0.717, 1.165) is 11.3 Å². The van der Waals surface area contributed by atoms with Crippen molar-refractivity contribution in [2.45, 2.75) is 13.8 Å². The highest BCUT2D eigenvalue weighted by Gasteiger charge is 2.05. The predicted octanol–water partition coefficient (Wildman–Crippen LogP) is 4.01. The fourth-order valence-electron chi connectivity index (χ4n) is 2.53. The van der Waals surface area contributed by atoms with E-state index in [1.165, 1.54) is 22.3 Å². The molecule has 0 aliphatic heterocycles. The molecular formula is C18H17N3. The van der Waals surface area contributed by atoms with Crippen molar-refractivity contribution in [2.24, 2.45) is 0 Å². The number of benzene rings is 2. The lowest BCUT2D eigenvalue weighted by atomic mass is 9.99. The minimum atomic E-state index is 0.455. The second kappa shape index (κ2) is 5.37. The van der Waals surface area contributed by atoms with Gasteiger partial charge in [0.05, 0.1) is 0 Å². The Balaban J connectivity index is 2.00. The lowest BCUT2D eigenvalue weighted by molar-refractivity contribution is 1.22. The van der Waals surface area contributed by atoms with Crippen LogP contribution < -0.4 is 5.73 Å². The molecule has 3 rings (SSSR count). The Morgan fingerprint density at radius 2 is 1.29 bits per heavy atom. The van der Waals surface area contributed by atoms with Crippen LogP contribution >= 0.6 is 0 Å². The molecule has 104 valence electrons. The number of aryl methyl sites for hydroxylation is 2. The van der Waals surface area contributed by atoms with E-state index in [4.69, 9.17) is 5.73 Å². The minimum absolute atomic E-state index is 0.455. The van der Waals surface area contributed by atoms with E-state index in [1.807, 2.05) is 12.1 Å². The number of aromatic nitrogens is 2. The molecule has 0 bridgehead atoms. The molecular weight excluding hydrogens is 258 g/mol. The third-order valence-electron chi connectivity index (χ3n) is 3.44. The van der Waals surface area contributed by atoms with Gasteiger partial charge in [0, 0.05) is 18.0 Å². The molecule has 1 heterocycles. The average molecular weight is 275 g/mol. The van der Waals surface area contributed by atoms with Crippen molar-refractivity contribution in [1.82, 2.24) is 9.97 Å². The standard InChI is InChI=1S/C18H17N3/c1-12-9-13(2)11-16(10-12)14-3-5-15(6-4-14)17-18(19)21-8-7-20-17/h3-11H,1-2H3,(H2,19,21).